The van der Waals surface area contributed by atoms with Gasteiger partial charge in [-0.2, -0.15) is 0 Å². The normalized spacial score (nSPS) is 18.3. The van der Waals surface area contributed by atoms with E-state index in [9.17, 15) is 0 Å². The molecule has 1 aliphatic rings. The van der Waals surface area contributed by atoms with Crippen LogP contribution >= 0.6 is 15.9 Å². The Hall–Kier alpha value is 0.480. The van der Waals surface area contributed by atoms with Crippen LogP contribution in [0.2, 0.25) is 0 Å². The van der Waals surface area contributed by atoms with Crippen LogP contribution in [0.25, 0.3) is 0 Å². The maximum atomic E-state index is 3.92. The van der Waals surface area contributed by atoms with E-state index in [-0.39, 0.29) is 0 Å². The molecule has 1 heteroatoms. The molecule has 1 aliphatic carbocycles. The summed E-state index contributed by atoms with van der Waals surface area (Å²) >= 11 is 3.92. The van der Waals surface area contributed by atoms with Crippen molar-refractivity contribution in [2.45, 2.75) is 102 Å². The van der Waals surface area contributed by atoms with Gasteiger partial charge in [0.05, 0.1) is 0 Å². The second-order valence-electron chi connectivity index (χ2n) is 6.18. The van der Waals surface area contributed by atoms with Crippen molar-refractivity contribution < 1.29 is 0 Å². The van der Waals surface area contributed by atoms with E-state index < -0.39 is 0 Å². The summed E-state index contributed by atoms with van der Waals surface area (Å²) in [6, 6.07) is 0. The Balaban J connectivity index is 1.80. The third kappa shape index (κ3) is 7.81. The van der Waals surface area contributed by atoms with Gasteiger partial charge in [-0.25, -0.2) is 0 Å². The zero-order valence-electron chi connectivity index (χ0n) is 12.4. The predicted molar refractivity (Wildman–Crippen MR) is 86.5 cm³/mol. The Kier molecular flexibility index (Phi) is 10.4. The minimum absolute atomic E-state index is 0.824. The molecule has 0 nitrogen and oxygen atoms in total. The molecule has 0 spiro atoms. The van der Waals surface area contributed by atoms with Crippen LogP contribution in [0.3, 0.4) is 0 Å². The monoisotopic (exact) mass is 316 g/mol. The predicted octanol–water partition coefficient (Wildman–Crippen LogP) is 6.86. The Bertz CT molecular complexity index is 172. The summed E-state index contributed by atoms with van der Waals surface area (Å²) < 4.78 is 0. The van der Waals surface area contributed by atoms with Gasteiger partial charge in [-0.15, -0.1) is 0 Å². The van der Waals surface area contributed by atoms with Crippen molar-refractivity contribution in [3.63, 3.8) is 0 Å². The Morgan fingerprint density at radius 3 is 1.89 bits per heavy atom. The molecule has 0 bridgehead atoms. The molecule has 0 amide bonds. The van der Waals surface area contributed by atoms with Crippen LogP contribution < -0.4 is 0 Å². The topological polar surface area (TPSA) is 0 Å². The quantitative estimate of drug-likeness (QED) is 0.288. The van der Waals surface area contributed by atoms with Gasteiger partial charge in [0.15, 0.2) is 0 Å². The van der Waals surface area contributed by atoms with Crippen molar-refractivity contribution in [2.24, 2.45) is 5.92 Å². The second kappa shape index (κ2) is 11.3. The molecule has 0 saturated heterocycles. The van der Waals surface area contributed by atoms with Crippen LogP contribution in [0.1, 0.15) is 96.8 Å². The number of hydrogen-bond donors (Lipinski definition) is 0. The average molecular weight is 317 g/mol. The molecule has 0 aromatic heterocycles. The summed E-state index contributed by atoms with van der Waals surface area (Å²) in [4.78, 5) is 0.824. The van der Waals surface area contributed by atoms with Gasteiger partial charge in [0.25, 0.3) is 0 Å². The molecule has 0 aliphatic heterocycles. The lowest BCUT2D eigenvalue weighted by atomic mass is 9.98. The summed E-state index contributed by atoms with van der Waals surface area (Å²) in [5.74, 6) is 0.999. The summed E-state index contributed by atoms with van der Waals surface area (Å²) in [5, 5.41) is 0. The fourth-order valence-electron chi connectivity index (χ4n) is 3.20. The summed E-state index contributed by atoms with van der Waals surface area (Å²) in [6.07, 6.45) is 20.4. The Morgan fingerprint density at radius 2 is 1.33 bits per heavy atom. The van der Waals surface area contributed by atoms with Crippen molar-refractivity contribution >= 4 is 15.9 Å². The summed E-state index contributed by atoms with van der Waals surface area (Å²) in [5.41, 5.74) is 0. The van der Waals surface area contributed by atoms with Crippen molar-refractivity contribution in [3.8, 4) is 0 Å². The zero-order chi connectivity index (χ0) is 13.1. The molecular formula is C17H33Br. The maximum absolute atomic E-state index is 3.92. The van der Waals surface area contributed by atoms with Crippen LogP contribution in [0.15, 0.2) is 0 Å². The fourth-order valence-corrected chi connectivity index (χ4v) is 4.06. The molecule has 0 aromatic rings. The molecule has 0 heterocycles. The largest absolute Gasteiger partial charge is 0.0888 e. The lowest BCUT2D eigenvalue weighted by molar-refractivity contribution is 0.479. The molecule has 1 fully saturated rings. The van der Waals surface area contributed by atoms with E-state index in [1.54, 1.807) is 0 Å². The van der Waals surface area contributed by atoms with E-state index in [0.717, 1.165) is 10.7 Å². The maximum Gasteiger partial charge on any atom is 0.0174 e. The molecular weight excluding hydrogens is 284 g/mol. The molecule has 108 valence electrons. The molecule has 1 unspecified atom stereocenters. The van der Waals surface area contributed by atoms with Crippen LogP contribution in [0.5, 0.6) is 0 Å². The lowest BCUT2D eigenvalue weighted by Gasteiger charge is -2.16. The van der Waals surface area contributed by atoms with Crippen LogP contribution in [0.4, 0.5) is 0 Å². The Labute approximate surface area is 123 Å². The highest BCUT2D eigenvalue weighted by atomic mass is 79.9. The average Bonchev–Trinajstić information content (AvgIpc) is 2.90. The molecule has 1 saturated carbocycles. The van der Waals surface area contributed by atoms with Crippen molar-refractivity contribution in [2.75, 3.05) is 0 Å². The highest BCUT2D eigenvalue weighted by Crippen LogP contribution is 2.33. The smallest absolute Gasteiger partial charge is 0.0174 e. The summed E-state index contributed by atoms with van der Waals surface area (Å²) in [7, 11) is 0. The molecule has 18 heavy (non-hydrogen) atoms. The third-order valence-electron chi connectivity index (χ3n) is 4.49. The van der Waals surface area contributed by atoms with Crippen molar-refractivity contribution in [3.05, 3.63) is 0 Å². The van der Waals surface area contributed by atoms with Gasteiger partial charge in [-0.3, -0.25) is 0 Å². The van der Waals surface area contributed by atoms with Crippen LogP contribution in [0, 0.1) is 5.92 Å². The minimum atomic E-state index is 0.824. The number of rotatable bonds is 11. The molecule has 0 radical (unpaired) electrons. The van der Waals surface area contributed by atoms with Gasteiger partial charge in [0.1, 0.15) is 0 Å². The number of alkyl halides is 1. The highest BCUT2D eigenvalue weighted by Gasteiger charge is 2.21. The van der Waals surface area contributed by atoms with Crippen molar-refractivity contribution in [1.82, 2.24) is 0 Å². The first kappa shape index (κ1) is 16.5. The first-order valence-electron chi connectivity index (χ1n) is 8.48. The second-order valence-corrected chi connectivity index (χ2v) is 7.35. The number of halogens is 1. The molecule has 0 aromatic carbocycles. The van der Waals surface area contributed by atoms with E-state index in [4.69, 9.17) is 0 Å². The van der Waals surface area contributed by atoms with Crippen LogP contribution in [-0.2, 0) is 0 Å². The van der Waals surface area contributed by atoms with Gasteiger partial charge in [0.2, 0.25) is 0 Å². The lowest BCUT2D eigenvalue weighted by Crippen LogP contribution is -2.10. The zero-order valence-corrected chi connectivity index (χ0v) is 14.0. The summed E-state index contributed by atoms with van der Waals surface area (Å²) in [6.45, 7) is 2.29. The van der Waals surface area contributed by atoms with E-state index >= 15 is 0 Å². The third-order valence-corrected chi connectivity index (χ3v) is 5.70. The van der Waals surface area contributed by atoms with Gasteiger partial charge in [0, 0.05) is 4.83 Å². The molecule has 0 N–H and O–H groups in total. The standard InChI is InChI=1S/C17H33Br/c1-2-3-4-5-6-7-8-9-10-15-17(18)16-13-11-12-14-16/h16-17H,2-15H2,1H3. The van der Waals surface area contributed by atoms with Crippen LogP contribution in [-0.4, -0.2) is 4.83 Å². The van der Waals surface area contributed by atoms with E-state index in [2.05, 4.69) is 22.9 Å². The van der Waals surface area contributed by atoms with E-state index in [0.29, 0.717) is 0 Å². The Morgan fingerprint density at radius 1 is 0.833 bits per heavy atom. The van der Waals surface area contributed by atoms with Gasteiger partial charge < -0.3 is 0 Å². The van der Waals surface area contributed by atoms with E-state index in [1.165, 1.54) is 89.9 Å². The molecule has 1 rings (SSSR count). The number of unbranched alkanes of at least 4 members (excludes halogenated alkanes) is 8. The fraction of sp³-hybridized carbons (Fsp3) is 1.00. The minimum Gasteiger partial charge on any atom is -0.0888 e. The molecule has 1 atom stereocenters. The van der Waals surface area contributed by atoms with Gasteiger partial charge in [-0.05, 0) is 25.2 Å². The number of hydrogen-bond acceptors (Lipinski definition) is 0. The van der Waals surface area contributed by atoms with Crippen molar-refractivity contribution in [1.29, 1.82) is 0 Å². The van der Waals surface area contributed by atoms with E-state index in [1.807, 2.05) is 0 Å². The highest BCUT2D eigenvalue weighted by molar-refractivity contribution is 9.09. The van der Waals surface area contributed by atoms with Gasteiger partial charge >= 0.3 is 0 Å². The first-order chi connectivity index (χ1) is 8.84. The SMILES string of the molecule is CCCCCCCCCCCC(Br)C1CCCC1. The van der Waals surface area contributed by atoms with Gasteiger partial charge in [-0.1, -0.05) is 93.5 Å². The first-order valence-corrected chi connectivity index (χ1v) is 9.40.